The summed E-state index contributed by atoms with van der Waals surface area (Å²) in [5.41, 5.74) is -1.89. The summed E-state index contributed by atoms with van der Waals surface area (Å²) >= 11 is 0. The van der Waals surface area contributed by atoms with Gasteiger partial charge in [-0.05, 0) is 6.07 Å². The first kappa shape index (κ1) is 30.1. The second-order valence-electron chi connectivity index (χ2n) is 6.41. The minimum Gasteiger partial charge on any atom is -0.456 e. The van der Waals surface area contributed by atoms with Crippen LogP contribution < -0.4 is 0 Å². The first-order valence-corrected chi connectivity index (χ1v) is 8.05. The van der Waals surface area contributed by atoms with Gasteiger partial charge in [0.1, 0.15) is 6.61 Å². The van der Waals surface area contributed by atoms with Crippen LogP contribution in [0.3, 0.4) is 0 Å². The molecule has 0 fully saturated rings. The Morgan fingerprint density at radius 3 is 1.54 bits per heavy atom. The third-order valence-electron chi connectivity index (χ3n) is 4.13. The van der Waals surface area contributed by atoms with Crippen molar-refractivity contribution in [1.29, 1.82) is 0 Å². The van der Waals surface area contributed by atoms with Crippen LogP contribution in [-0.4, -0.2) is 52.6 Å². The molecule has 1 rings (SSSR count). The number of alkyl halides is 15. The summed E-state index contributed by atoms with van der Waals surface area (Å²) < 4.78 is 199. The van der Waals surface area contributed by atoms with E-state index < -0.39 is 70.5 Å². The van der Waals surface area contributed by atoms with Gasteiger partial charge in [0, 0.05) is 6.07 Å². The van der Waals surface area contributed by atoms with Crippen LogP contribution in [0.25, 0.3) is 0 Å². The Bertz CT molecular complexity index is 973. The molecule has 0 spiro atoms. The fourth-order valence-electron chi connectivity index (χ4n) is 2.14. The summed E-state index contributed by atoms with van der Waals surface area (Å²) in [7, 11) is 0. The fraction of sp³-hybridized carbons (Fsp3) is 0.533. The summed E-state index contributed by atoms with van der Waals surface area (Å²) in [6.07, 6.45) is -7.75. The number of nitrogens with zero attached hydrogens (tertiary/aromatic N) is 1. The van der Waals surface area contributed by atoms with E-state index in [1.807, 2.05) is 0 Å². The van der Waals surface area contributed by atoms with Gasteiger partial charge >= 0.3 is 47.7 Å². The van der Waals surface area contributed by atoms with Gasteiger partial charge in [-0.25, -0.2) is 4.79 Å². The van der Waals surface area contributed by atoms with E-state index in [1.54, 1.807) is 0 Å². The third-order valence-corrected chi connectivity index (χ3v) is 4.13. The lowest BCUT2D eigenvalue weighted by Gasteiger charge is -2.40. The molecule has 0 N–H and O–H groups in total. The molecule has 0 amide bonds. The van der Waals surface area contributed by atoms with Crippen LogP contribution >= 0.6 is 0 Å². The van der Waals surface area contributed by atoms with Crippen LogP contribution in [0, 0.1) is 10.1 Å². The lowest BCUT2D eigenvalue weighted by Crippen LogP contribution is -2.73. The van der Waals surface area contributed by atoms with Crippen LogP contribution in [0.5, 0.6) is 0 Å². The number of halogens is 15. The number of ether oxygens (including phenoxy) is 1. The maximum Gasteiger partial charge on any atom is 0.460 e. The van der Waals surface area contributed by atoms with Crippen LogP contribution in [0.1, 0.15) is 5.56 Å². The molecule has 20 heteroatoms. The number of benzene rings is 1. The Morgan fingerprint density at radius 2 is 1.11 bits per heavy atom. The molecule has 0 unspecified atom stereocenters. The van der Waals surface area contributed by atoms with Crippen LogP contribution in [0.2, 0.25) is 0 Å². The van der Waals surface area contributed by atoms with Gasteiger partial charge in [0.05, 0.1) is 10.5 Å². The zero-order valence-corrected chi connectivity index (χ0v) is 15.8. The first-order valence-electron chi connectivity index (χ1n) is 8.05. The fourth-order valence-corrected chi connectivity index (χ4v) is 2.14. The van der Waals surface area contributed by atoms with Crippen LogP contribution in [-0.2, 0) is 16.1 Å². The van der Waals surface area contributed by atoms with Gasteiger partial charge in [-0.2, -0.15) is 65.9 Å². The topological polar surface area (TPSA) is 69.4 Å². The second-order valence-corrected chi connectivity index (χ2v) is 6.41. The summed E-state index contributed by atoms with van der Waals surface area (Å²) in [4.78, 5) is 20.7. The number of carbonyl (C=O) groups excluding carboxylic acids is 1. The van der Waals surface area contributed by atoms with Gasteiger partial charge in [-0.3, -0.25) is 10.1 Å². The quantitative estimate of drug-likeness (QED) is 0.164. The zero-order valence-electron chi connectivity index (χ0n) is 15.8. The maximum absolute atomic E-state index is 13.7. The van der Waals surface area contributed by atoms with Crippen molar-refractivity contribution >= 4 is 11.7 Å². The van der Waals surface area contributed by atoms with Crippen LogP contribution in [0.4, 0.5) is 71.5 Å². The minimum atomic E-state index is -8.55. The van der Waals surface area contributed by atoms with Crippen molar-refractivity contribution in [2.45, 2.75) is 48.3 Å². The lowest BCUT2D eigenvalue weighted by atomic mass is 9.91. The monoisotopic (exact) mass is 549 g/mol. The number of nitro groups is 1. The highest BCUT2D eigenvalue weighted by molar-refractivity contribution is 5.79. The van der Waals surface area contributed by atoms with Crippen molar-refractivity contribution in [3.63, 3.8) is 0 Å². The van der Waals surface area contributed by atoms with Crippen molar-refractivity contribution < 1.29 is 80.3 Å². The predicted molar refractivity (Wildman–Crippen MR) is 78.6 cm³/mol. The van der Waals surface area contributed by atoms with Crippen LogP contribution in [0.15, 0.2) is 24.3 Å². The molecule has 200 valence electrons. The molecule has 5 nitrogen and oxygen atoms in total. The number of nitro benzene ring substituents is 1. The first-order chi connectivity index (χ1) is 15.3. The van der Waals surface area contributed by atoms with Gasteiger partial charge < -0.3 is 4.74 Å². The number of esters is 1. The number of rotatable bonds is 9. The maximum atomic E-state index is 13.7. The summed E-state index contributed by atoms with van der Waals surface area (Å²) in [6.45, 7) is -1.79. The Hall–Kier alpha value is -2.96. The normalized spacial score (nSPS) is 14.6. The molecular formula is C15H6F15NO4. The van der Waals surface area contributed by atoms with E-state index in [0.717, 1.165) is 12.1 Å². The molecule has 0 bridgehead atoms. The second kappa shape index (κ2) is 8.61. The molecule has 0 saturated heterocycles. The van der Waals surface area contributed by atoms with E-state index in [-0.39, 0.29) is 0 Å². The van der Waals surface area contributed by atoms with Gasteiger partial charge in [-0.1, -0.05) is 12.1 Å². The smallest absolute Gasteiger partial charge is 0.456 e. The van der Waals surface area contributed by atoms with Gasteiger partial charge in [-0.15, -0.1) is 0 Å². The highest BCUT2D eigenvalue weighted by Crippen LogP contribution is 2.62. The molecule has 0 aliphatic rings. The van der Waals surface area contributed by atoms with Crippen molar-refractivity contribution in [1.82, 2.24) is 0 Å². The third kappa shape index (κ3) is 4.41. The summed E-state index contributed by atoms with van der Waals surface area (Å²) in [5.74, 6) is -52.8. The molecule has 1 aromatic rings. The van der Waals surface area contributed by atoms with E-state index in [0.29, 0.717) is 12.1 Å². The SMILES string of the molecule is O=C(OCc1ccccc1[N+](=O)[O-])C(F)(F)C(F)(F)C(F)(F)C(F)(F)C(F)(F)C(F)(F)C(F)(F)F. The molecular weight excluding hydrogens is 543 g/mol. The number of hydrogen-bond donors (Lipinski definition) is 0. The van der Waals surface area contributed by atoms with Crippen molar-refractivity contribution in [2.24, 2.45) is 0 Å². The Labute approximate surface area is 181 Å². The predicted octanol–water partition coefficient (Wildman–Crippen LogP) is 6.01. The number of hydrogen-bond acceptors (Lipinski definition) is 4. The Morgan fingerprint density at radius 1 is 0.714 bits per heavy atom. The Balaban J connectivity index is 3.40. The molecule has 0 saturated carbocycles. The largest absolute Gasteiger partial charge is 0.460 e. The van der Waals surface area contributed by atoms with Crippen molar-refractivity contribution in [2.75, 3.05) is 0 Å². The lowest BCUT2D eigenvalue weighted by molar-refractivity contribution is -0.450. The van der Waals surface area contributed by atoms with Crippen molar-refractivity contribution in [3.05, 3.63) is 39.9 Å². The molecule has 0 aliphatic carbocycles. The standard InChI is InChI=1S/C15H6F15NO4/c16-9(17,8(32)35-5-6-3-1-2-4-7(6)31(33)34)10(18,19)11(20,21)12(22,23)13(24,25)14(26,27)15(28,29)30/h1-4H,5H2. The van der Waals surface area contributed by atoms with E-state index in [1.165, 1.54) is 0 Å². The summed E-state index contributed by atoms with van der Waals surface area (Å²) in [6, 6.07) is 3.14. The van der Waals surface area contributed by atoms with Gasteiger partial charge in [0.25, 0.3) is 5.69 Å². The summed E-state index contributed by atoms with van der Waals surface area (Å²) in [5, 5.41) is 10.7. The molecule has 0 atom stereocenters. The average Bonchev–Trinajstić information content (AvgIpc) is 2.70. The molecule has 0 aromatic heterocycles. The molecule has 0 radical (unpaired) electrons. The van der Waals surface area contributed by atoms with E-state index in [4.69, 9.17) is 0 Å². The molecule has 1 aromatic carbocycles. The molecule has 35 heavy (non-hydrogen) atoms. The number of carbonyl (C=O) groups is 1. The zero-order chi connectivity index (χ0) is 28.1. The highest BCUT2D eigenvalue weighted by atomic mass is 19.4. The van der Waals surface area contributed by atoms with Gasteiger partial charge in [0.2, 0.25) is 0 Å². The molecule has 0 heterocycles. The number of para-hydroxylation sites is 1. The van der Waals surface area contributed by atoms with Crippen molar-refractivity contribution in [3.8, 4) is 0 Å². The Kier molecular flexibility index (Phi) is 7.40. The minimum absolute atomic E-state index is 0.632. The van der Waals surface area contributed by atoms with Gasteiger partial charge in [0.15, 0.2) is 0 Å². The van der Waals surface area contributed by atoms with E-state index in [9.17, 15) is 80.8 Å². The molecule has 0 aliphatic heterocycles. The van der Waals surface area contributed by atoms with E-state index >= 15 is 0 Å². The average molecular weight is 549 g/mol. The van der Waals surface area contributed by atoms with E-state index in [2.05, 4.69) is 4.74 Å². The highest BCUT2D eigenvalue weighted by Gasteiger charge is 2.94.